The monoisotopic (exact) mass is 768 g/mol. The molecule has 0 radical (unpaired) electrons. The SMILES string of the molecule is CC(C)(C)C[C@@H]1N[C@@H](C(=O)O)[C@H](c2cccc(Cl)c2F)[C@@]1(C#N)c1ccc(Cl)cc1F.[NH-]c1ccc(I)cc1OC(F)(F)F. The molecular weight excluding hydrogens is 743 g/mol. The summed E-state index contributed by atoms with van der Waals surface area (Å²) in [6, 6.07) is 12.1. The Labute approximate surface area is 274 Å². The van der Waals surface area contributed by atoms with Crippen molar-refractivity contribution < 1.29 is 36.6 Å². The summed E-state index contributed by atoms with van der Waals surface area (Å²) in [6.45, 7) is 5.79. The quantitative estimate of drug-likeness (QED) is 0.199. The van der Waals surface area contributed by atoms with Crippen LogP contribution in [0.15, 0.2) is 54.6 Å². The van der Waals surface area contributed by atoms with Crippen molar-refractivity contribution in [3.63, 3.8) is 0 Å². The molecule has 4 atom stereocenters. The van der Waals surface area contributed by atoms with Gasteiger partial charge in [0.15, 0.2) is 0 Å². The summed E-state index contributed by atoms with van der Waals surface area (Å²) in [7, 11) is 0. The highest BCUT2D eigenvalue weighted by molar-refractivity contribution is 14.1. The topological polar surface area (TPSA) is 106 Å². The van der Waals surface area contributed by atoms with Gasteiger partial charge in [0, 0.05) is 26.1 Å². The number of halogens is 8. The van der Waals surface area contributed by atoms with E-state index in [1.54, 1.807) is 0 Å². The van der Waals surface area contributed by atoms with E-state index in [-0.39, 0.29) is 32.3 Å². The lowest BCUT2D eigenvalue weighted by Gasteiger charge is -2.37. The minimum absolute atomic E-state index is 0.0331. The molecule has 1 saturated heterocycles. The third-order valence-electron chi connectivity index (χ3n) is 6.88. The van der Waals surface area contributed by atoms with Gasteiger partial charge in [0.1, 0.15) is 28.8 Å². The van der Waals surface area contributed by atoms with Crippen LogP contribution in [-0.2, 0) is 10.2 Å². The number of nitriles is 1. The number of rotatable bonds is 5. The number of hydrogen-bond acceptors (Lipinski definition) is 4. The Morgan fingerprint density at radius 3 is 2.34 bits per heavy atom. The van der Waals surface area contributed by atoms with E-state index in [9.17, 15) is 28.3 Å². The summed E-state index contributed by atoms with van der Waals surface area (Å²) in [5, 5.41) is 23.4. The molecule has 3 N–H and O–H groups in total. The molecule has 1 heterocycles. The zero-order chi connectivity index (χ0) is 33.2. The molecule has 14 heteroatoms. The van der Waals surface area contributed by atoms with E-state index in [0.717, 1.165) is 12.1 Å². The molecule has 1 fully saturated rings. The first-order valence-electron chi connectivity index (χ1n) is 12.9. The summed E-state index contributed by atoms with van der Waals surface area (Å²) in [5.41, 5.74) is 4.68. The van der Waals surface area contributed by atoms with Crippen molar-refractivity contribution in [2.45, 2.75) is 57.0 Å². The summed E-state index contributed by atoms with van der Waals surface area (Å²) < 4.78 is 69.8. The Kier molecular flexibility index (Phi) is 11.0. The van der Waals surface area contributed by atoms with Crippen LogP contribution >= 0.6 is 45.8 Å². The average Bonchev–Trinajstić information content (AvgIpc) is 3.20. The lowest BCUT2D eigenvalue weighted by atomic mass is 9.62. The number of benzene rings is 3. The van der Waals surface area contributed by atoms with Crippen LogP contribution in [0, 0.1) is 32.0 Å². The Bertz CT molecular complexity index is 1580. The number of carboxylic acids is 1. The molecule has 4 rings (SSSR count). The molecule has 3 aromatic rings. The van der Waals surface area contributed by atoms with Gasteiger partial charge in [0.2, 0.25) is 0 Å². The van der Waals surface area contributed by atoms with Gasteiger partial charge in [-0.1, -0.05) is 73.9 Å². The van der Waals surface area contributed by atoms with Crippen LogP contribution in [0.2, 0.25) is 10.0 Å². The summed E-state index contributed by atoms with van der Waals surface area (Å²) in [6.07, 6.45) is -4.40. The van der Waals surface area contributed by atoms with Gasteiger partial charge in [-0.15, -0.1) is 13.2 Å². The molecule has 0 spiro atoms. The fraction of sp³-hybridized carbons (Fsp3) is 0.333. The van der Waals surface area contributed by atoms with Gasteiger partial charge in [0.25, 0.3) is 0 Å². The highest BCUT2D eigenvalue weighted by Gasteiger charge is 2.61. The van der Waals surface area contributed by atoms with Crippen LogP contribution in [0.4, 0.5) is 27.6 Å². The second kappa shape index (κ2) is 13.6. The largest absolute Gasteiger partial charge is 0.696 e. The van der Waals surface area contributed by atoms with Gasteiger partial charge < -0.3 is 15.6 Å². The van der Waals surface area contributed by atoms with Crippen molar-refractivity contribution in [3.8, 4) is 11.8 Å². The molecule has 0 amide bonds. The van der Waals surface area contributed by atoms with Gasteiger partial charge >= 0.3 is 12.3 Å². The smallest absolute Gasteiger partial charge is 0.573 e. The van der Waals surface area contributed by atoms with Crippen molar-refractivity contribution in [1.29, 1.82) is 5.26 Å². The van der Waals surface area contributed by atoms with E-state index in [1.807, 2.05) is 43.4 Å². The molecular formula is C30H26Cl2F5IN3O3-. The zero-order valence-electron chi connectivity index (χ0n) is 23.4. The minimum atomic E-state index is -4.74. The number of aliphatic carboxylic acids is 1. The number of carbonyl (C=O) groups is 1. The Balaban J connectivity index is 0.000000340. The van der Waals surface area contributed by atoms with E-state index in [0.29, 0.717) is 9.99 Å². The first kappa shape index (κ1) is 35.6. The van der Waals surface area contributed by atoms with E-state index < -0.39 is 53.1 Å². The van der Waals surface area contributed by atoms with E-state index in [1.165, 1.54) is 42.5 Å². The molecule has 0 saturated carbocycles. The first-order chi connectivity index (χ1) is 20.3. The van der Waals surface area contributed by atoms with Crippen molar-refractivity contribution in [1.82, 2.24) is 5.32 Å². The van der Waals surface area contributed by atoms with Gasteiger partial charge in [-0.2, -0.15) is 5.26 Å². The summed E-state index contributed by atoms with van der Waals surface area (Å²) in [5.74, 6) is -4.56. The molecule has 0 unspecified atom stereocenters. The van der Waals surface area contributed by atoms with E-state index in [4.69, 9.17) is 28.9 Å². The molecule has 1 aliphatic heterocycles. The number of ether oxygens (including phenoxy) is 1. The van der Waals surface area contributed by atoms with Crippen molar-refractivity contribution in [2.24, 2.45) is 5.41 Å². The molecule has 0 aliphatic carbocycles. The van der Waals surface area contributed by atoms with Crippen molar-refractivity contribution in [3.05, 3.63) is 96.7 Å². The third-order valence-corrected chi connectivity index (χ3v) is 8.08. The van der Waals surface area contributed by atoms with Gasteiger partial charge in [-0.3, -0.25) is 10.1 Å². The van der Waals surface area contributed by atoms with Crippen LogP contribution in [-0.4, -0.2) is 29.5 Å². The van der Waals surface area contributed by atoms with Gasteiger partial charge in [-0.05, 0) is 70.3 Å². The Morgan fingerprint density at radius 2 is 1.80 bits per heavy atom. The van der Waals surface area contributed by atoms with Gasteiger partial charge in [-0.25, -0.2) is 8.78 Å². The predicted molar refractivity (Wildman–Crippen MR) is 165 cm³/mol. The van der Waals surface area contributed by atoms with E-state index in [2.05, 4.69) is 16.1 Å². The van der Waals surface area contributed by atoms with Crippen LogP contribution in [0.5, 0.6) is 5.75 Å². The second-order valence-electron chi connectivity index (χ2n) is 11.2. The normalized spacial score (nSPS) is 21.6. The fourth-order valence-electron chi connectivity index (χ4n) is 5.25. The predicted octanol–water partition coefficient (Wildman–Crippen LogP) is 9.55. The number of hydrogen-bond donors (Lipinski definition) is 2. The van der Waals surface area contributed by atoms with Crippen LogP contribution < -0.4 is 10.1 Å². The van der Waals surface area contributed by atoms with Crippen molar-refractivity contribution >= 4 is 57.4 Å². The van der Waals surface area contributed by atoms with Crippen LogP contribution in [0.1, 0.15) is 44.2 Å². The van der Waals surface area contributed by atoms with Gasteiger partial charge in [0.05, 0.1) is 11.1 Å². The average molecular weight is 769 g/mol. The Hall–Kier alpha value is -2.86. The van der Waals surface area contributed by atoms with Crippen LogP contribution in [0.3, 0.4) is 0 Å². The molecule has 3 aromatic carbocycles. The van der Waals surface area contributed by atoms with Crippen LogP contribution in [0.25, 0.3) is 5.73 Å². The molecule has 44 heavy (non-hydrogen) atoms. The number of nitrogens with one attached hydrogen (secondary N) is 2. The lowest BCUT2D eigenvalue weighted by molar-refractivity contribution is -0.274. The maximum Gasteiger partial charge on any atom is 0.573 e. The zero-order valence-corrected chi connectivity index (χ0v) is 27.0. The number of carboxylic acid groups (broad SMARTS) is 1. The standard InChI is InChI=1S/C23H22Cl2F2N2O2.C7H4F3INO/c1-22(2,3)10-17-23(11-28,14-8-7-12(24)9-16(14)26)18(20(29-17)21(30)31)13-5-4-6-15(25)19(13)27;8-7(9,10)13-6-3-4(11)1-2-5(6)12/h4-9,17-18,20,29H,10H2,1-3H3,(H,30,31);1-3,12H/q;-1/t17-,18-,20+,23-;/m0./s1. The highest BCUT2D eigenvalue weighted by atomic mass is 127. The minimum Gasteiger partial charge on any atom is -0.696 e. The molecule has 236 valence electrons. The number of alkyl halides is 3. The summed E-state index contributed by atoms with van der Waals surface area (Å²) in [4.78, 5) is 12.2. The second-order valence-corrected chi connectivity index (χ2v) is 13.3. The van der Waals surface area contributed by atoms with Crippen molar-refractivity contribution in [2.75, 3.05) is 0 Å². The molecule has 0 aromatic heterocycles. The molecule has 6 nitrogen and oxygen atoms in total. The molecule has 1 aliphatic rings. The van der Waals surface area contributed by atoms with E-state index >= 15 is 8.78 Å². The maximum absolute atomic E-state index is 15.2. The lowest BCUT2D eigenvalue weighted by Crippen LogP contribution is -2.44. The maximum atomic E-state index is 15.2. The highest BCUT2D eigenvalue weighted by Crippen LogP contribution is 2.52. The third kappa shape index (κ3) is 8.04. The molecule has 0 bridgehead atoms. The number of nitrogens with zero attached hydrogens (tertiary/aromatic N) is 1. The Morgan fingerprint density at radius 1 is 1.14 bits per heavy atom. The summed E-state index contributed by atoms with van der Waals surface area (Å²) >= 11 is 13.7. The first-order valence-corrected chi connectivity index (χ1v) is 14.7. The fourth-order valence-corrected chi connectivity index (χ4v) is 6.05.